The number of hydrogen-bond donors (Lipinski definition) is 4. The molecule has 5 aliphatic heterocycles. The second kappa shape index (κ2) is 29.1. The highest BCUT2D eigenvalue weighted by Crippen LogP contribution is 2.38. The van der Waals surface area contributed by atoms with Gasteiger partial charge in [-0.15, -0.1) is 0 Å². The molecule has 2 aromatic carbocycles. The van der Waals surface area contributed by atoms with Gasteiger partial charge in [-0.25, -0.2) is 19.6 Å². The lowest BCUT2D eigenvalue weighted by atomic mass is 9.76. The number of carbonyl (C=O) groups excluding carboxylic acids is 2. The van der Waals surface area contributed by atoms with Crippen molar-refractivity contribution in [2.45, 2.75) is 152 Å². The van der Waals surface area contributed by atoms with Crippen molar-refractivity contribution in [1.29, 1.82) is 0 Å². The molecule has 16 nitrogen and oxygen atoms in total. The van der Waals surface area contributed by atoms with Gasteiger partial charge in [-0.1, -0.05) is 38.5 Å². The normalized spacial score (nSPS) is 19.6. The molecule has 2 aromatic heterocycles. The third kappa shape index (κ3) is 20.2. The molecule has 22 heteroatoms. The summed E-state index contributed by atoms with van der Waals surface area (Å²) in [5, 5.41) is 12.9. The molecule has 4 N–H and O–H groups in total. The third-order valence-corrected chi connectivity index (χ3v) is 16.0. The van der Waals surface area contributed by atoms with Crippen LogP contribution in [-0.4, -0.2) is 146 Å². The van der Waals surface area contributed by atoms with Gasteiger partial charge < -0.3 is 59.6 Å². The number of aromatic nitrogens is 2. The summed E-state index contributed by atoms with van der Waals surface area (Å²) in [6.45, 7) is 35.6. The maximum absolute atomic E-state index is 12.9. The van der Waals surface area contributed by atoms with Crippen LogP contribution in [0.1, 0.15) is 120 Å². The van der Waals surface area contributed by atoms with E-state index < -0.39 is 42.9 Å². The van der Waals surface area contributed by atoms with Gasteiger partial charge in [-0.3, -0.25) is 0 Å². The summed E-state index contributed by atoms with van der Waals surface area (Å²) in [6, 6.07) is 19.7. The second-order valence-corrected chi connectivity index (χ2v) is 26.3. The molecule has 7 heterocycles. The van der Waals surface area contributed by atoms with Crippen LogP contribution in [-0.2, 0) is 18.8 Å². The van der Waals surface area contributed by atoms with Crippen LogP contribution in [0.3, 0.4) is 0 Å². The lowest BCUT2D eigenvalue weighted by Crippen LogP contribution is -2.41. The first kappa shape index (κ1) is 69.0. The molecular formula is C61H93BF3IN10O6S. The molecular weight excluding hydrogens is 1200 g/mol. The summed E-state index contributed by atoms with van der Waals surface area (Å²) in [6.07, 6.45) is -2.48. The number of morpholine rings is 2. The first-order chi connectivity index (χ1) is 37.9. The number of likely N-dealkylation sites (tertiary alicyclic amines) is 2. The van der Waals surface area contributed by atoms with Crippen molar-refractivity contribution in [3.8, 4) is 11.1 Å². The van der Waals surface area contributed by atoms with Crippen LogP contribution in [0.15, 0.2) is 60.7 Å². The number of ether oxygens (including phenoxy) is 2. The van der Waals surface area contributed by atoms with E-state index in [4.69, 9.17) is 28.8 Å². The number of anilines is 6. The van der Waals surface area contributed by atoms with Crippen LogP contribution in [0.2, 0.25) is 0 Å². The molecule has 0 radical (unpaired) electrons. The highest BCUT2D eigenvalue weighted by Gasteiger charge is 2.52. The Kier molecular flexibility index (Phi) is 24.2. The number of nitrogens with zero attached hydrogens (tertiary/aromatic N) is 6. The van der Waals surface area contributed by atoms with E-state index in [-0.39, 0.29) is 44.6 Å². The van der Waals surface area contributed by atoms with Gasteiger partial charge in [0.2, 0.25) is 0 Å². The van der Waals surface area contributed by atoms with Gasteiger partial charge in [0.05, 0.1) is 37.6 Å². The lowest BCUT2D eigenvalue weighted by Gasteiger charge is -2.32. The average molecular weight is 1290 g/mol. The molecule has 9 rings (SSSR count). The number of halogens is 4. The average Bonchev–Trinajstić information content (AvgIpc) is 4.17. The molecule has 0 aliphatic carbocycles. The van der Waals surface area contributed by atoms with Crippen molar-refractivity contribution in [2.75, 3.05) is 110 Å². The molecule has 5 aliphatic rings. The van der Waals surface area contributed by atoms with Crippen LogP contribution in [0.5, 0.6) is 0 Å². The van der Waals surface area contributed by atoms with Crippen LogP contribution < -0.4 is 36.5 Å². The number of amides is 4. The van der Waals surface area contributed by atoms with Gasteiger partial charge in [0.25, 0.3) is 0 Å². The molecule has 4 amide bonds. The summed E-state index contributed by atoms with van der Waals surface area (Å²) in [5.74, 6) is 3.85. The Labute approximate surface area is 513 Å². The Morgan fingerprint density at radius 2 is 1.12 bits per heavy atom. The highest BCUT2D eigenvalue weighted by atomic mass is 127. The molecule has 0 spiro atoms. The quantitative estimate of drug-likeness (QED) is 0.0881. The van der Waals surface area contributed by atoms with Gasteiger partial charge in [0.1, 0.15) is 23.3 Å². The topological polar surface area (TPSA) is 158 Å². The number of nitrogens with one attached hydrogen (secondary N) is 4. The fraction of sp³-hybridized carbons (Fsp3) is 0.607. The van der Waals surface area contributed by atoms with E-state index in [0.29, 0.717) is 37.8 Å². The zero-order valence-corrected chi connectivity index (χ0v) is 53.6. The van der Waals surface area contributed by atoms with E-state index in [0.717, 1.165) is 122 Å². The molecule has 5 fully saturated rings. The minimum absolute atomic E-state index is 0. The zero-order chi connectivity index (χ0) is 59.1. The number of hydrogen-bond acceptors (Lipinski definition) is 12. The molecule has 5 saturated heterocycles. The molecule has 0 unspecified atom stereocenters. The van der Waals surface area contributed by atoms with Crippen LogP contribution in [0.25, 0.3) is 11.1 Å². The maximum Gasteiger partial charge on any atom is 0.495 e. The van der Waals surface area contributed by atoms with E-state index in [2.05, 4.69) is 145 Å². The van der Waals surface area contributed by atoms with Crippen molar-refractivity contribution < 1.29 is 41.5 Å². The predicted molar refractivity (Wildman–Crippen MR) is 347 cm³/mol. The Morgan fingerprint density at radius 3 is 1.60 bits per heavy atom. The number of rotatable bonds is 10. The fourth-order valence-electron chi connectivity index (χ4n) is 10.2. The zero-order valence-electron chi connectivity index (χ0n) is 50.5. The van der Waals surface area contributed by atoms with E-state index in [1.165, 1.54) is 8.47 Å². The van der Waals surface area contributed by atoms with Gasteiger partial charge in [0, 0.05) is 84.8 Å². The highest BCUT2D eigenvalue weighted by molar-refractivity contribution is 14.1. The summed E-state index contributed by atoms with van der Waals surface area (Å²) in [7, 11) is -0.556. The Morgan fingerprint density at radius 1 is 0.663 bits per heavy atom. The van der Waals surface area contributed by atoms with E-state index in [9.17, 15) is 22.8 Å². The summed E-state index contributed by atoms with van der Waals surface area (Å²) in [5.41, 5.74) is 5.47. The first-order valence-electron chi connectivity index (χ1n) is 28.6. The largest absolute Gasteiger partial charge is 0.495 e. The number of benzene rings is 2. The Hall–Kier alpha value is -4.75. The third-order valence-electron chi connectivity index (χ3n) is 15.3. The van der Waals surface area contributed by atoms with Crippen molar-refractivity contribution >= 4 is 95.4 Å². The minimum atomic E-state index is -4.20. The monoisotopic (exact) mass is 1290 g/mol. The Balaban J connectivity index is 0.000000235. The van der Waals surface area contributed by atoms with Crippen LogP contribution >= 0.6 is 36.1 Å². The summed E-state index contributed by atoms with van der Waals surface area (Å²) < 4.78 is 62.1. The van der Waals surface area contributed by atoms with E-state index >= 15 is 0 Å². The number of urea groups is 2. The Bertz CT molecular complexity index is 2770. The molecule has 4 aromatic rings. The number of alkyl halides is 3. The maximum atomic E-state index is 12.9. The second-order valence-electron chi connectivity index (χ2n) is 25.1. The van der Waals surface area contributed by atoms with Gasteiger partial charge in [-0.2, -0.15) is 26.7 Å². The van der Waals surface area contributed by atoms with Crippen LogP contribution in [0, 0.1) is 29.3 Å². The lowest BCUT2D eigenvalue weighted by molar-refractivity contribution is -0.143. The fourth-order valence-corrected chi connectivity index (χ4v) is 10.8. The predicted octanol–water partition coefficient (Wildman–Crippen LogP) is 13.0. The molecule has 460 valence electrons. The van der Waals surface area contributed by atoms with Gasteiger partial charge in [-0.05, 0) is 201 Å². The number of aryl methyl sites for hydroxylation is 2. The van der Waals surface area contributed by atoms with E-state index in [1.54, 1.807) is 12.1 Å². The smallest absolute Gasteiger partial charge is 0.399 e. The first-order valence-corrected chi connectivity index (χ1v) is 29.7. The minimum Gasteiger partial charge on any atom is -0.399 e. The molecule has 2 atom stereocenters. The standard InChI is InChI=1S/C27H39N5O2.C20H28BF3N2O3.C13H20IN3O.CH4.H2S/c1-6-20-9-10-32(18-20)26(33)28-22-8-7-19(2)23(17-22)21-15-24(30-27(3,4)5)29-25(16-21)31-11-13-34-14-12-31;1-13-6-7-15(10-16(13)21-28-18(2,3)19(4,5)29-21)25-17(27)26-9-8-14(12-26)11-20(22,23)24;1-13(2,3)16-11-8-10(14)9-12(15-11)17-4-6-18-7-5-17;;/h7-8,15-17,20H,6,9-14,18H2,1-5H3,(H,28,33)(H,29,30);6-7,10,14H,8-9,11-12H2,1-5H3,(H,25,27);8-9H,4-7H2,1-3H3,(H,15,16);1H4;1H2/t20-;14-;;;/m10.../s1. The van der Waals surface area contributed by atoms with E-state index in [1.807, 2.05) is 51.7 Å². The summed E-state index contributed by atoms with van der Waals surface area (Å²) >= 11 is 2.34. The van der Waals surface area contributed by atoms with Crippen molar-refractivity contribution in [3.05, 3.63) is 75.4 Å². The van der Waals surface area contributed by atoms with Crippen molar-refractivity contribution in [1.82, 2.24) is 19.8 Å². The molecule has 0 saturated carbocycles. The number of carbonyl (C=O) groups is 2. The van der Waals surface area contributed by atoms with Crippen molar-refractivity contribution in [2.24, 2.45) is 11.8 Å². The molecule has 83 heavy (non-hydrogen) atoms. The van der Waals surface area contributed by atoms with Crippen molar-refractivity contribution in [3.63, 3.8) is 0 Å². The SMILES string of the molecule is C.CC(C)(C)Nc1cc(I)cc(N2CCOCC2)n1.CC[C@@H]1CCN(C(=O)Nc2ccc(C)c(-c3cc(NC(C)(C)C)nc(N4CCOCC4)c3)c2)C1.Cc1ccc(NC(=O)N2CC[C@@H](CC(F)(F)F)C2)cc1B1OC(C)(C)C(C)(C)O1.S. The molecule has 0 bridgehead atoms. The van der Waals surface area contributed by atoms with Crippen LogP contribution in [0.4, 0.5) is 57.4 Å². The van der Waals surface area contributed by atoms with Gasteiger partial charge in [0.15, 0.2) is 0 Å². The number of pyridine rings is 2. The summed E-state index contributed by atoms with van der Waals surface area (Å²) in [4.78, 5) is 42.9. The van der Waals surface area contributed by atoms with Gasteiger partial charge >= 0.3 is 25.4 Å².